The Morgan fingerprint density at radius 3 is 1.87 bits per heavy atom. The topological polar surface area (TPSA) is 15.3 Å². The van der Waals surface area contributed by atoms with Gasteiger partial charge in [-0.25, -0.2) is 9.13 Å². The van der Waals surface area contributed by atoms with Crippen molar-refractivity contribution in [2.24, 2.45) is 7.05 Å². The van der Waals surface area contributed by atoms with Crippen molar-refractivity contribution < 1.29 is 21.8 Å². The lowest BCUT2D eigenvalue weighted by Crippen LogP contribution is -2.30. The summed E-state index contributed by atoms with van der Waals surface area (Å²) in [7, 11) is -1.83. The van der Waals surface area contributed by atoms with Gasteiger partial charge in [-0.15, -0.1) is 24.0 Å². The highest BCUT2D eigenvalue weighted by atomic mass is 127. The van der Waals surface area contributed by atoms with Gasteiger partial charge in [0.05, 0.1) is 20.3 Å². The zero-order chi connectivity index (χ0) is 22.1. The van der Waals surface area contributed by atoms with Crippen LogP contribution in [0.15, 0.2) is 31.1 Å². The summed E-state index contributed by atoms with van der Waals surface area (Å²) in [5, 5.41) is 0. The van der Waals surface area contributed by atoms with Crippen LogP contribution in [0.3, 0.4) is 0 Å². The monoisotopic (exact) mass is 550 g/mol. The van der Waals surface area contributed by atoms with Crippen LogP contribution in [0.1, 0.15) is 65.2 Å². The molecule has 30 heavy (non-hydrogen) atoms. The lowest BCUT2D eigenvalue weighted by Gasteiger charge is -2.17. The number of rotatable bonds is 10. The molecule has 0 radical (unpaired) electrons. The van der Waals surface area contributed by atoms with Crippen molar-refractivity contribution in [3.63, 3.8) is 0 Å². The molecule has 2 heterocycles. The quantitative estimate of drug-likeness (QED) is 0.116. The molecule has 0 unspecified atom stereocenters. The number of hydrogen-bond donors (Lipinski definition) is 0. The highest BCUT2D eigenvalue weighted by Gasteiger charge is 2.20. The number of unbranched alkanes of at least 4 members (excludes halogenated alkanes) is 6. The van der Waals surface area contributed by atoms with Crippen LogP contribution in [0.2, 0.25) is 0 Å². The van der Waals surface area contributed by atoms with Gasteiger partial charge in [0, 0.05) is 26.0 Å². The first-order valence-corrected chi connectivity index (χ1v) is 10.7. The number of nitrogens with zero attached hydrogens (tertiary/aromatic N) is 4. The highest BCUT2D eigenvalue weighted by molar-refractivity contribution is 14.0. The normalized spacial score (nSPS) is 12.7. The standard InChI is InChI=1S/C10H20N2.C10H19N2.BF4.HI/c2*1-3-4-5-6-7-12-9-8-11(2)10-12;2-1(3,4)5;/h8-9H,3-7,10H2,1-2H3;8-10H,3-7H2,1-2H3;;1H/q;+1;-1;. The second-order valence-electron chi connectivity index (χ2n) is 7.44. The predicted octanol–water partition coefficient (Wildman–Crippen LogP) is 6.05. The Kier molecular flexibility index (Phi) is 19.6. The minimum atomic E-state index is -6.00. The average molecular weight is 550 g/mol. The summed E-state index contributed by atoms with van der Waals surface area (Å²) in [5.41, 5.74) is 0. The Morgan fingerprint density at radius 2 is 1.43 bits per heavy atom. The first-order valence-electron chi connectivity index (χ1n) is 10.7. The molecular weight excluding hydrogens is 510 g/mol. The van der Waals surface area contributed by atoms with Crippen LogP contribution >= 0.6 is 24.0 Å². The SMILES string of the molecule is CCCCCCN1C=CN(C)C1.CCCCCC[n+]1ccn(C)c1.F[B-](F)(F)F.I. The molecule has 10 heteroatoms. The van der Waals surface area contributed by atoms with Crippen LogP contribution in [-0.2, 0) is 13.6 Å². The molecule has 1 aliphatic heterocycles. The second-order valence-corrected chi connectivity index (χ2v) is 7.44. The van der Waals surface area contributed by atoms with Crippen molar-refractivity contribution in [2.75, 3.05) is 20.3 Å². The number of halogens is 5. The van der Waals surface area contributed by atoms with Crippen molar-refractivity contribution in [3.05, 3.63) is 31.1 Å². The molecule has 0 saturated carbocycles. The van der Waals surface area contributed by atoms with E-state index in [0.29, 0.717) is 0 Å². The molecule has 0 saturated heterocycles. The molecule has 0 N–H and O–H groups in total. The maximum atomic E-state index is 9.75. The first kappa shape index (κ1) is 31.3. The van der Waals surface area contributed by atoms with Crippen molar-refractivity contribution in [1.82, 2.24) is 14.4 Å². The van der Waals surface area contributed by atoms with Crippen LogP contribution in [0.5, 0.6) is 0 Å². The fraction of sp³-hybridized carbons (Fsp3) is 0.750. The third-order valence-electron chi connectivity index (χ3n) is 4.33. The van der Waals surface area contributed by atoms with Gasteiger partial charge in [0.2, 0.25) is 6.33 Å². The van der Waals surface area contributed by atoms with E-state index in [2.05, 4.69) is 78.0 Å². The first-order chi connectivity index (χ1) is 13.7. The molecular formula is C20H40BF4IN4. The van der Waals surface area contributed by atoms with E-state index in [9.17, 15) is 17.3 Å². The minimum Gasteiger partial charge on any atom is -0.418 e. The van der Waals surface area contributed by atoms with Crippen molar-refractivity contribution in [1.29, 1.82) is 0 Å². The summed E-state index contributed by atoms with van der Waals surface area (Å²) >= 11 is 0. The zero-order valence-corrected chi connectivity index (χ0v) is 21.3. The van der Waals surface area contributed by atoms with E-state index in [0.717, 1.165) is 6.67 Å². The Balaban J connectivity index is 0. The van der Waals surface area contributed by atoms with Gasteiger partial charge in [-0.05, 0) is 19.3 Å². The van der Waals surface area contributed by atoms with E-state index in [1.54, 1.807) is 0 Å². The zero-order valence-electron chi connectivity index (χ0n) is 19.0. The van der Waals surface area contributed by atoms with Crippen molar-refractivity contribution in [2.45, 2.75) is 71.8 Å². The molecule has 1 aromatic heterocycles. The van der Waals surface area contributed by atoms with E-state index in [1.807, 2.05) is 0 Å². The van der Waals surface area contributed by atoms with Gasteiger partial charge >= 0.3 is 7.25 Å². The number of hydrogen-bond acceptors (Lipinski definition) is 2. The molecule has 1 aliphatic rings. The maximum Gasteiger partial charge on any atom is 0.673 e. The summed E-state index contributed by atoms with van der Waals surface area (Å²) in [6.07, 6.45) is 21.5. The van der Waals surface area contributed by atoms with Crippen molar-refractivity contribution in [3.8, 4) is 0 Å². The predicted molar refractivity (Wildman–Crippen MR) is 128 cm³/mol. The maximum absolute atomic E-state index is 9.75. The lowest BCUT2D eigenvalue weighted by molar-refractivity contribution is -0.696. The number of aryl methyl sites for hydroxylation is 2. The summed E-state index contributed by atoms with van der Waals surface area (Å²) in [5.74, 6) is 0. The van der Waals surface area contributed by atoms with Crippen LogP contribution in [0, 0.1) is 0 Å². The van der Waals surface area contributed by atoms with Crippen LogP contribution < -0.4 is 4.57 Å². The molecule has 2 rings (SSSR count). The third kappa shape index (κ3) is 21.8. The molecule has 0 aliphatic carbocycles. The van der Waals surface area contributed by atoms with Crippen LogP contribution in [-0.4, -0.2) is 41.9 Å². The van der Waals surface area contributed by atoms with Gasteiger partial charge in [0.15, 0.2) is 0 Å². The van der Waals surface area contributed by atoms with Crippen LogP contribution in [0.25, 0.3) is 0 Å². The molecule has 0 aromatic carbocycles. The molecule has 1 aromatic rings. The molecule has 4 nitrogen and oxygen atoms in total. The molecule has 0 spiro atoms. The van der Waals surface area contributed by atoms with Crippen molar-refractivity contribution >= 4 is 31.2 Å². The van der Waals surface area contributed by atoms with Gasteiger partial charge in [-0.3, -0.25) is 0 Å². The Morgan fingerprint density at radius 1 is 0.867 bits per heavy atom. The van der Waals surface area contributed by atoms with E-state index in [4.69, 9.17) is 0 Å². The molecule has 0 fully saturated rings. The van der Waals surface area contributed by atoms with E-state index >= 15 is 0 Å². The van der Waals surface area contributed by atoms with E-state index in [-0.39, 0.29) is 24.0 Å². The summed E-state index contributed by atoms with van der Waals surface area (Å²) in [6, 6.07) is 0. The van der Waals surface area contributed by atoms with Crippen LogP contribution in [0.4, 0.5) is 17.3 Å². The van der Waals surface area contributed by atoms with E-state index in [1.165, 1.54) is 64.5 Å². The average Bonchev–Trinajstić information content (AvgIpc) is 3.23. The summed E-state index contributed by atoms with van der Waals surface area (Å²) in [4.78, 5) is 4.58. The molecule has 0 atom stereocenters. The van der Waals surface area contributed by atoms with Gasteiger partial charge < -0.3 is 27.1 Å². The number of aromatic nitrogens is 2. The van der Waals surface area contributed by atoms with Gasteiger partial charge in [0.1, 0.15) is 12.4 Å². The minimum absolute atomic E-state index is 0. The Bertz CT molecular complexity index is 535. The summed E-state index contributed by atoms with van der Waals surface area (Å²) < 4.78 is 43.3. The van der Waals surface area contributed by atoms with E-state index < -0.39 is 7.25 Å². The molecule has 0 bridgehead atoms. The Hall–Kier alpha value is -0.935. The van der Waals surface area contributed by atoms with Gasteiger partial charge in [0.25, 0.3) is 0 Å². The second kappa shape index (κ2) is 18.8. The van der Waals surface area contributed by atoms with Gasteiger partial charge in [-0.1, -0.05) is 46.0 Å². The molecule has 178 valence electrons. The highest BCUT2D eigenvalue weighted by Crippen LogP contribution is 2.07. The smallest absolute Gasteiger partial charge is 0.418 e. The Labute approximate surface area is 197 Å². The molecule has 0 amide bonds. The number of imidazole rings is 1. The fourth-order valence-corrected chi connectivity index (χ4v) is 2.83. The fourth-order valence-electron chi connectivity index (χ4n) is 2.83. The lowest BCUT2D eigenvalue weighted by atomic mass is 10.2. The third-order valence-corrected chi connectivity index (χ3v) is 4.33. The largest absolute Gasteiger partial charge is 0.673 e. The van der Waals surface area contributed by atoms with Gasteiger partial charge in [-0.2, -0.15) is 0 Å². The summed E-state index contributed by atoms with van der Waals surface area (Å²) in [6.45, 7) is 7.97.